The first-order valence-corrected chi connectivity index (χ1v) is 8.87. The molecular formula is C20H24N2O2. The molecule has 4 heteroatoms. The zero-order valence-corrected chi connectivity index (χ0v) is 14.0. The van der Waals surface area contributed by atoms with E-state index >= 15 is 0 Å². The maximum absolute atomic E-state index is 12.8. The fraction of sp³-hybridized carbons (Fsp3) is 0.450. The molecule has 0 atom stereocenters. The van der Waals surface area contributed by atoms with E-state index in [0.717, 1.165) is 49.2 Å². The molecule has 4 nitrogen and oxygen atoms in total. The molecule has 4 rings (SSSR count). The number of benzene rings is 2. The van der Waals surface area contributed by atoms with Gasteiger partial charge in [-0.25, -0.2) is 0 Å². The van der Waals surface area contributed by atoms with Crippen molar-refractivity contribution in [1.29, 1.82) is 0 Å². The molecule has 0 aromatic heterocycles. The van der Waals surface area contributed by atoms with E-state index in [2.05, 4.69) is 10.2 Å². The summed E-state index contributed by atoms with van der Waals surface area (Å²) in [5.41, 5.74) is 0.911. The van der Waals surface area contributed by atoms with Crippen molar-refractivity contribution in [3.8, 4) is 0 Å². The first-order valence-electron chi connectivity index (χ1n) is 8.87. The second-order valence-corrected chi connectivity index (χ2v) is 6.89. The molecule has 0 bridgehead atoms. The van der Waals surface area contributed by atoms with Crippen molar-refractivity contribution in [2.24, 2.45) is 0 Å². The second kappa shape index (κ2) is 6.54. The lowest BCUT2D eigenvalue weighted by molar-refractivity contribution is -0.0540. The minimum atomic E-state index is 0.0336. The van der Waals surface area contributed by atoms with Gasteiger partial charge in [0.15, 0.2) is 0 Å². The molecule has 2 aromatic carbocycles. The summed E-state index contributed by atoms with van der Waals surface area (Å²) in [6.45, 7) is 4.29. The third-order valence-corrected chi connectivity index (χ3v) is 5.58. The monoisotopic (exact) mass is 324 g/mol. The van der Waals surface area contributed by atoms with Crippen LogP contribution in [0.1, 0.15) is 29.6 Å². The molecular weight excluding hydrogens is 300 g/mol. The van der Waals surface area contributed by atoms with Crippen molar-refractivity contribution in [1.82, 2.24) is 10.2 Å². The second-order valence-electron chi connectivity index (χ2n) is 6.89. The average molecular weight is 324 g/mol. The van der Waals surface area contributed by atoms with E-state index in [1.807, 2.05) is 42.5 Å². The van der Waals surface area contributed by atoms with Crippen LogP contribution in [0.15, 0.2) is 42.5 Å². The van der Waals surface area contributed by atoms with E-state index in [9.17, 15) is 4.79 Å². The highest BCUT2D eigenvalue weighted by molar-refractivity contribution is 6.07. The van der Waals surface area contributed by atoms with Crippen LogP contribution in [0.4, 0.5) is 0 Å². The molecule has 1 saturated carbocycles. The van der Waals surface area contributed by atoms with Gasteiger partial charge in [-0.2, -0.15) is 0 Å². The van der Waals surface area contributed by atoms with Gasteiger partial charge < -0.3 is 10.1 Å². The highest BCUT2D eigenvalue weighted by Crippen LogP contribution is 2.37. The third-order valence-electron chi connectivity index (χ3n) is 5.58. The molecule has 2 fully saturated rings. The third kappa shape index (κ3) is 2.80. The lowest BCUT2D eigenvalue weighted by Gasteiger charge is -2.51. The first-order chi connectivity index (χ1) is 11.8. The Morgan fingerprint density at radius 3 is 2.58 bits per heavy atom. The predicted molar refractivity (Wildman–Crippen MR) is 95.3 cm³/mol. The summed E-state index contributed by atoms with van der Waals surface area (Å²) in [7, 11) is 0. The number of morpholine rings is 1. The Morgan fingerprint density at radius 1 is 1.08 bits per heavy atom. The van der Waals surface area contributed by atoms with Gasteiger partial charge in [0.25, 0.3) is 5.91 Å². The highest BCUT2D eigenvalue weighted by Gasteiger charge is 2.43. The molecule has 0 unspecified atom stereocenters. The van der Waals surface area contributed by atoms with Gasteiger partial charge in [-0.1, -0.05) is 36.4 Å². The standard InChI is InChI=1S/C20H24N2O2/c23-19(18-8-3-6-16-5-1-2-7-17(16)18)21-15-20(9-4-10-20)22-11-13-24-14-12-22/h1-3,5-8H,4,9-15H2,(H,21,23). The molecule has 126 valence electrons. The van der Waals surface area contributed by atoms with Crippen LogP contribution in [0.3, 0.4) is 0 Å². The van der Waals surface area contributed by atoms with Crippen molar-refractivity contribution in [3.63, 3.8) is 0 Å². The number of rotatable bonds is 4. The van der Waals surface area contributed by atoms with E-state index < -0.39 is 0 Å². The molecule has 2 aromatic rings. The zero-order valence-electron chi connectivity index (χ0n) is 14.0. The number of ether oxygens (including phenoxy) is 1. The summed E-state index contributed by atoms with van der Waals surface area (Å²) in [5, 5.41) is 5.34. The average Bonchev–Trinajstić information content (AvgIpc) is 2.61. The van der Waals surface area contributed by atoms with Gasteiger partial charge in [0.2, 0.25) is 0 Å². The quantitative estimate of drug-likeness (QED) is 0.940. The summed E-state index contributed by atoms with van der Waals surface area (Å²) < 4.78 is 5.48. The van der Waals surface area contributed by atoms with E-state index in [4.69, 9.17) is 4.74 Å². The maximum Gasteiger partial charge on any atom is 0.251 e. The predicted octanol–water partition coefficient (Wildman–Crippen LogP) is 2.82. The number of carbonyl (C=O) groups excluding carboxylic acids is 1. The number of amides is 1. The van der Waals surface area contributed by atoms with Gasteiger partial charge in [0.05, 0.1) is 13.2 Å². The molecule has 0 radical (unpaired) electrons. The van der Waals surface area contributed by atoms with E-state index in [-0.39, 0.29) is 11.4 Å². The van der Waals surface area contributed by atoms with E-state index in [0.29, 0.717) is 0 Å². The number of hydrogen-bond acceptors (Lipinski definition) is 3. The van der Waals surface area contributed by atoms with Gasteiger partial charge in [-0.15, -0.1) is 0 Å². The molecule has 0 spiro atoms. The maximum atomic E-state index is 12.8. The van der Waals surface area contributed by atoms with Crippen LogP contribution in [-0.4, -0.2) is 49.2 Å². The molecule has 24 heavy (non-hydrogen) atoms. The molecule has 1 amide bonds. The Bertz CT molecular complexity index is 728. The fourth-order valence-corrected chi connectivity index (χ4v) is 3.99. The smallest absolute Gasteiger partial charge is 0.251 e. The van der Waals surface area contributed by atoms with E-state index in [1.165, 1.54) is 19.3 Å². The molecule has 1 heterocycles. The van der Waals surface area contributed by atoms with Crippen LogP contribution in [0.2, 0.25) is 0 Å². The zero-order chi connectivity index (χ0) is 16.4. The van der Waals surface area contributed by atoms with Crippen molar-refractivity contribution in [2.45, 2.75) is 24.8 Å². The van der Waals surface area contributed by atoms with Crippen LogP contribution in [-0.2, 0) is 4.74 Å². The normalized spacial score (nSPS) is 20.5. The Hall–Kier alpha value is -1.91. The molecule has 2 aliphatic rings. The summed E-state index contributed by atoms with van der Waals surface area (Å²) >= 11 is 0. The topological polar surface area (TPSA) is 41.6 Å². The Balaban J connectivity index is 1.49. The molecule has 1 saturated heterocycles. The number of carbonyl (C=O) groups is 1. The lowest BCUT2D eigenvalue weighted by atomic mass is 9.75. The Morgan fingerprint density at radius 2 is 1.83 bits per heavy atom. The van der Waals surface area contributed by atoms with Crippen molar-refractivity contribution in [2.75, 3.05) is 32.8 Å². The minimum Gasteiger partial charge on any atom is -0.379 e. The first kappa shape index (κ1) is 15.6. The summed E-state index contributed by atoms with van der Waals surface area (Å²) in [6, 6.07) is 14.0. The largest absolute Gasteiger partial charge is 0.379 e. The minimum absolute atomic E-state index is 0.0336. The number of fused-ring (bicyclic) bond motifs is 1. The van der Waals surface area contributed by atoms with Gasteiger partial charge in [0.1, 0.15) is 0 Å². The van der Waals surface area contributed by atoms with Crippen LogP contribution in [0.5, 0.6) is 0 Å². The molecule has 1 N–H and O–H groups in total. The summed E-state index contributed by atoms with van der Waals surface area (Å²) in [4.78, 5) is 15.3. The van der Waals surface area contributed by atoms with Gasteiger partial charge in [-0.3, -0.25) is 9.69 Å². The van der Waals surface area contributed by atoms with Crippen molar-refractivity contribution >= 4 is 16.7 Å². The Labute approximate surface area is 142 Å². The number of nitrogens with one attached hydrogen (secondary N) is 1. The number of nitrogens with zero attached hydrogens (tertiary/aromatic N) is 1. The van der Waals surface area contributed by atoms with Crippen LogP contribution < -0.4 is 5.32 Å². The van der Waals surface area contributed by atoms with Gasteiger partial charge in [-0.05, 0) is 36.1 Å². The number of hydrogen-bond donors (Lipinski definition) is 1. The lowest BCUT2D eigenvalue weighted by Crippen LogP contribution is -2.62. The van der Waals surface area contributed by atoms with Gasteiger partial charge in [0, 0.05) is 30.7 Å². The molecule has 1 aliphatic carbocycles. The van der Waals surface area contributed by atoms with Gasteiger partial charge >= 0.3 is 0 Å². The highest BCUT2D eigenvalue weighted by atomic mass is 16.5. The molecule has 1 aliphatic heterocycles. The SMILES string of the molecule is O=C(NCC1(N2CCOCC2)CCC1)c1cccc2ccccc12. The van der Waals surface area contributed by atoms with Crippen molar-refractivity contribution in [3.05, 3.63) is 48.0 Å². The van der Waals surface area contributed by atoms with Crippen LogP contribution >= 0.6 is 0 Å². The van der Waals surface area contributed by atoms with Crippen molar-refractivity contribution < 1.29 is 9.53 Å². The fourth-order valence-electron chi connectivity index (χ4n) is 3.99. The summed E-state index contributed by atoms with van der Waals surface area (Å²) in [6.07, 6.45) is 3.59. The van der Waals surface area contributed by atoms with E-state index in [1.54, 1.807) is 0 Å². The van der Waals surface area contributed by atoms with Crippen LogP contribution in [0.25, 0.3) is 10.8 Å². The Kier molecular flexibility index (Phi) is 4.25. The van der Waals surface area contributed by atoms with Crippen LogP contribution in [0, 0.1) is 0 Å². The summed E-state index contributed by atoms with van der Waals surface area (Å²) in [5.74, 6) is 0.0336.